The molecule has 0 radical (unpaired) electrons. The van der Waals surface area contributed by atoms with Crippen molar-refractivity contribution in [3.05, 3.63) is 59.3 Å². The minimum absolute atomic E-state index is 0.0150. The maximum Gasteiger partial charge on any atom is 0.322 e. The van der Waals surface area contributed by atoms with Gasteiger partial charge in [-0.05, 0) is 63.9 Å². The summed E-state index contributed by atoms with van der Waals surface area (Å²) in [5.74, 6) is 0.853. The number of benzene rings is 1. The summed E-state index contributed by atoms with van der Waals surface area (Å²) in [6.07, 6.45) is 9.34. The van der Waals surface area contributed by atoms with E-state index in [1.54, 1.807) is 10.6 Å². The molecule has 2 aliphatic rings. The van der Waals surface area contributed by atoms with Gasteiger partial charge in [-0.2, -0.15) is 19.6 Å². The van der Waals surface area contributed by atoms with Gasteiger partial charge >= 0.3 is 6.01 Å². The van der Waals surface area contributed by atoms with Crippen LogP contribution in [-0.2, 0) is 22.6 Å². The fourth-order valence-electron chi connectivity index (χ4n) is 5.99. The zero-order valence-corrected chi connectivity index (χ0v) is 27.4. The Balaban J connectivity index is 1.24. The zero-order chi connectivity index (χ0) is 31.9. The van der Waals surface area contributed by atoms with E-state index >= 15 is 0 Å². The van der Waals surface area contributed by atoms with Crippen LogP contribution in [-0.4, -0.2) is 106 Å². The van der Waals surface area contributed by atoms with Crippen LogP contribution in [0.5, 0.6) is 6.01 Å². The molecule has 11 heteroatoms. The van der Waals surface area contributed by atoms with Crippen molar-refractivity contribution in [2.45, 2.75) is 64.5 Å². The number of piperidine rings is 2. The number of carbonyl (C=O) groups excluding carboxylic acids is 2. The van der Waals surface area contributed by atoms with Gasteiger partial charge in [-0.3, -0.25) is 9.59 Å². The number of ether oxygens (including phenoxy) is 1. The fourth-order valence-corrected chi connectivity index (χ4v) is 5.99. The monoisotopic (exact) mass is 616 g/mol. The average molecular weight is 617 g/mol. The minimum atomic E-state index is -0.140. The van der Waals surface area contributed by atoms with Crippen LogP contribution in [0.1, 0.15) is 62.1 Å². The third-order valence-electron chi connectivity index (χ3n) is 8.67. The molecule has 2 saturated heterocycles. The number of fused-ring (bicyclic) bond motifs is 1. The van der Waals surface area contributed by atoms with Gasteiger partial charge in [0.15, 0.2) is 5.65 Å². The quantitative estimate of drug-likeness (QED) is 0.304. The summed E-state index contributed by atoms with van der Waals surface area (Å²) in [7, 11) is 6.06. The van der Waals surface area contributed by atoms with E-state index < -0.39 is 0 Å². The lowest BCUT2D eigenvalue weighted by atomic mass is 9.90. The fraction of sp³-hybridized carbons (Fsp3) is 0.559. The molecule has 5 rings (SSSR count). The predicted molar refractivity (Wildman–Crippen MR) is 175 cm³/mol. The summed E-state index contributed by atoms with van der Waals surface area (Å²) in [6.45, 7) is 8.64. The predicted octanol–water partition coefficient (Wildman–Crippen LogP) is 3.80. The van der Waals surface area contributed by atoms with E-state index in [2.05, 4.69) is 42.3 Å². The van der Waals surface area contributed by atoms with Gasteiger partial charge in [0.2, 0.25) is 11.9 Å². The van der Waals surface area contributed by atoms with Gasteiger partial charge in [0.05, 0.1) is 6.20 Å². The van der Waals surface area contributed by atoms with E-state index in [1.807, 2.05) is 54.4 Å². The van der Waals surface area contributed by atoms with Crippen molar-refractivity contribution in [2.75, 3.05) is 59.2 Å². The third-order valence-corrected chi connectivity index (χ3v) is 8.67. The Morgan fingerprint density at radius 1 is 1.11 bits per heavy atom. The van der Waals surface area contributed by atoms with Gasteiger partial charge in [0.1, 0.15) is 11.9 Å². The maximum absolute atomic E-state index is 13.3. The van der Waals surface area contributed by atoms with Gasteiger partial charge < -0.3 is 24.8 Å². The van der Waals surface area contributed by atoms with E-state index in [1.165, 1.54) is 0 Å². The molecule has 3 aromatic rings. The molecule has 242 valence electrons. The first-order valence-corrected chi connectivity index (χ1v) is 16.2. The van der Waals surface area contributed by atoms with Gasteiger partial charge in [0.25, 0.3) is 0 Å². The van der Waals surface area contributed by atoms with E-state index in [0.717, 1.165) is 61.1 Å². The van der Waals surface area contributed by atoms with Crippen LogP contribution >= 0.6 is 0 Å². The first-order chi connectivity index (χ1) is 21.7. The summed E-state index contributed by atoms with van der Waals surface area (Å²) in [6, 6.07) is 8.46. The van der Waals surface area contributed by atoms with E-state index in [9.17, 15) is 9.59 Å². The molecular weight excluding hydrogens is 568 g/mol. The number of nitrogens with one attached hydrogen (secondary N) is 1. The maximum atomic E-state index is 13.3. The van der Waals surface area contributed by atoms with Crippen molar-refractivity contribution >= 4 is 23.3 Å². The molecule has 0 bridgehead atoms. The molecule has 0 aliphatic carbocycles. The molecule has 11 nitrogen and oxygen atoms in total. The van der Waals surface area contributed by atoms with Crippen LogP contribution in [0.4, 0.5) is 5.95 Å². The normalized spacial score (nSPS) is 18.4. The Bertz CT molecular complexity index is 1490. The van der Waals surface area contributed by atoms with E-state index in [4.69, 9.17) is 14.7 Å². The molecule has 1 N–H and O–H groups in total. The van der Waals surface area contributed by atoms with E-state index in [-0.39, 0.29) is 29.6 Å². The number of anilines is 1. The molecule has 4 heterocycles. The Kier molecular flexibility index (Phi) is 10.8. The van der Waals surface area contributed by atoms with Crippen molar-refractivity contribution < 1.29 is 14.3 Å². The Hall–Kier alpha value is -3.83. The highest BCUT2D eigenvalue weighted by Gasteiger charge is 2.27. The SMILES string of the molecule is CC(C)c1cnn2c(NCc3cccc(CC(=O)C4CCCN(C(=O)/C=C/CN(C)C)C4)c3)nc(OC3CCN(C)CC3)nc12. The summed E-state index contributed by atoms with van der Waals surface area (Å²) in [5.41, 5.74) is 3.79. The van der Waals surface area contributed by atoms with Crippen molar-refractivity contribution in [1.29, 1.82) is 0 Å². The molecule has 2 aliphatic heterocycles. The lowest BCUT2D eigenvalue weighted by molar-refractivity contribution is -0.131. The molecule has 45 heavy (non-hydrogen) atoms. The lowest BCUT2D eigenvalue weighted by Crippen LogP contribution is -2.42. The number of ketones is 1. The summed E-state index contributed by atoms with van der Waals surface area (Å²) < 4.78 is 8.03. The van der Waals surface area contributed by atoms with Crippen molar-refractivity contribution in [3.63, 3.8) is 0 Å². The Morgan fingerprint density at radius 2 is 1.89 bits per heavy atom. The number of aromatic nitrogens is 4. The smallest absolute Gasteiger partial charge is 0.322 e. The minimum Gasteiger partial charge on any atom is -0.460 e. The average Bonchev–Trinajstić information content (AvgIpc) is 3.46. The highest BCUT2D eigenvalue weighted by molar-refractivity contribution is 5.89. The Morgan fingerprint density at radius 3 is 2.64 bits per heavy atom. The van der Waals surface area contributed by atoms with Crippen molar-refractivity contribution in [2.24, 2.45) is 5.92 Å². The standard InChI is InChI=1S/C34H48N8O3/c1-24(2)29-22-36-42-32(29)37-34(45-28-13-17-40(5)18-14-28)38-33(42)35-21-26-10-6-9-25(19-26)20-30(43)27-11-7-16-41(23-27)31(44)12-8-15-39(3)4/h6,8-10,12,19,22,24,27-28H,7,11,13-18,20-21,23H2,1-5H3,(H,35,37,38)/b12-8+. The molecule has 0 spiro atoms. The van der Waals surface area contributed by atoms with Crippen LogP contribution in [0, 0.1) is 5.92 Å². The topological polar surface area (TPSA) is 108 Å². The number of nitrogens with zero attached hydrogens (tertiary/aromatic N) is 7. The highest BCUT2D eigenvalue weighted by Crippen LogP contribution is 2.25. The van der Waals surface area contributed by atoms with Crippen LogP contribution in [0.15, 0.2) is 42.6 Å². The number of likely N-dealkylation sites (tertiary alicyclic amines) is 2. The lowest BCUT2D eigenvalue weighted by Gasteiger charge is -2.31. The van der Waals surface area contributed by atoms with Gasteiger partial charge in [-0.25, -0.2) is 0 Å². The van der Waals surface area contributed by atoms with Crippen molar-refractivity contribution in [1.82, 2.24) is 34.3 Å². The molecule has 1 amide bonds. The van der Waals surface area contributed by atoms with Gasteiger partial charge in [-0.1, -0.05) is 44.2 Å². The number of hydrogen-bond acceptors (Lipinski definition) is 9. The first-order valence-electron chi connectivity index (χ1n) is 16.2. The summed E-state index contributed by atoms with van der Waals surface area (Å²) in [5, 5.41) is 8.04. The molecule has 1 atom stereocenters. The molecule has 2 fully saturated rings. The number of carbonyl (C=O) groups is 2. The Labute approximate surface area is 266 Å². The molecule has 0 saturated carbocycles. The van der Waals surface area contributed by atoms with Gasteiger partial charge in [-0.15, -0.1) is 0 Å². The highest BCUT2D eigenvalue weighted by atomic mass is 16.5. The van der Waals surface area contributed by atoms with Crippen LogP contribution in [0.2, 0.25) is 0 Å². The number of Topliss-reactive ketones (excluding diaryl/α,β-unsaturated/α-hetero) is 1. The number of likely N-dealkylation sites (N-methyl/N-ethyl adjacent to an activating group) is 1. The van der Waals surface area contributed by atoms with Crippen molar-refractivity contribution in [3.8, 4) is 6.01 Å². The molecular formula is C34H48N8O3. The third kappa shape index (κ3) is 8.67. The number of rotatable bonds is 12. The summed E-state index contributed by atoms with van der Waals surface area (Å²) in [4.78, 5) is 41.6. The first kappa shape index (κ1) is 32.6. The van der Waals surface area contributed by atoms with E-state index in [0.29, 0.717) is 44.6 Å². The number of amides is 1. The molecule has 1 unspecified atom stereocenters. The second-order valence-electron chi connectivity index (χ2n) is 13.0. The van der Waals surface area contributed by atoms with Crippen LogP contribution < -0.4 is 10.1 Å². The summed E-state index contributed by atoms with van der Waals surface area (Å²) >= 11 is 0. The molecule has 2 aromatic heterocycles. The number of hydrogen-bond donors (Lipinski definition) is 1. The molecule has 1 aromatic carbocycles. The van der Waals surface area contributed by atoms with Crippen LogP contribution in [0.3, 0.4) is 0 Å². The van der Waals surface area contributed by atoms with Gasteiger partial charge in [0, 0.05) is 63.2 Å². The second-order valence-corrected chi connectivity index (χ2v) is 13.0. The largest absolute Gasteiger partial charge is 0.460 e. The zero-order valence-electron chi connectivity index (χ0n) is 27.4. The second kappa shape index (κ2) is 15.0. The van der Waals surface area contributed by atoms with Crippen LogP contribution in [0.25, 0.3) is 5.65 Å².